The van der Waals surface area contributed by atoms with Crippen LogP contribution in [0, 0.1) is 5.92 Å². The van der Waals surface area contributed by atoms with Crippen molar-refractivity contribution < 1.29 is 14.6 Å². The molecule has 2 aromatic heterocycles. The highest BCUT2D eigenvalue weighted by atomic mass is 35.5. The van der Waals surface area contributed by atoms with Crippen LogP contribution in [-0.4, -0.2) is 51.4 Å². The molecule has 1 aliphatic rings. The number of carbonyl (C=O) groups is 1. The Hall–Kier alpha value is -2.35. The van der Waals surface area contributed by atoms with E-state index < -0.39 is 11.9 Å². The van der Waals surface area contributed by atoms with Crippen LogP contribution in [0.2, 0.25) is 10.0 Å². The number of hydrogen-bond donors (Lipinski definition) is 1. The molecular weight excluding hydrogens is 427 g/mol. The monoisotopic (exact) mass is 448 g/mol. The van der Waals surface area contributed by atoms with Gasteiger partial charge >= 0.3 is 5.97 Å². The molecule has 2 atom stereocenters. The van der Waals surface area contributed by atoms with Crippen molar-refractivity contribution in [2.45, 2.75) is 25.8 Å². The Morgan fingerprint density at radius 1 is 1.40 bits per heavy atom. The SMILES string of the molecule is CC(COC[C@@H]1CCCN1c1cc(-n2ccnc2)c2ccc(Cl)c(Cl)c2n1)C(=O)O. The molecule has 1 aromatic carbocycles. The van der Waals surface area contributed by atoms with Crippen LogP contribution in [0.25, 0.3) is 16.6 Å². The Bertz CT molecular complexity index is 1060. The van der Waals surface area contributed by atoms with E-state index >= 15 is 0 Å². The van der Waals surface area contributed by atoms with Gasteiger partial charge in [0.1, 0.15) is 5.82 Å². The molecule has 1 saturated heterocycles. The summed E-state index contributed by atoms with van der Waals surface area (Å²) in [6.07, 6.45) is 7.29. The van der Waals surface area contributed by atoms with Crippen molar-refractivity contribution in [3.8, 4) is 5.69 Å². The van der Waals surface area contributed by atoms with Gasteiger partial charge in [-0.1, -0.05) is 23.2 Å². The van der Waals surface area contributed by atoms with E-state index in [1.54, 1.807) is 25.5 Å². The molecule has 158 valence electrons. The van der Waals surface area contributed by atoms with Crippen LogP contribution >= 0.6 is 23.2 Å². The van der Waals surface area contributed by atoms with Crippen LogP contribution in [0.4, 0.5) is 5.82 Å². The molecule has 1 aliphatic heterocycles. The maximum absolute atomic E-state index is 11.0. The first-order valence-corrected chi connectivity index (χ1v) is 10.6. The molecule has 0 saturated carbocycles. The van der Waals surface area contributed by atoms with Crippen molar-refractivity contribution >= 4 is 45.9 Å². The van der Waals surface area contributed by atoms with Crippen LogP contribution in [0.1, 0.15) is 19.8 Å². The molecule has 1 fully saturated rings. The number of carboxylic acids is 1. The average molecular weight is 449 g/mol. The molecule has 3 aromatic rings. The van der Waals surface area contributed by atoms with Crippen molar-refractivity contribution in [1.29, 1.82) is 0 Å². The smallest absolute Gasteiger partial charge is 0.308 e. The van der Waals surface area contributed by atoms with Gasteiger partial charge in [0.15, 0.2) is 0 Å². The number of nitrogens with zero attached hydrogens (tertiary/aromatic N) is 4. The largest absolute Gasteiger partial charge is 0.481 e. The van der Waals surface area contributed by atoms with E-state index in [9.17, 15) is 4.79 Å². The Labute approximate surface area is 184 Å². The van der Waals surface area contributed by atoms with Gasteiger partial charge in [0.2, 0.25) is 0 Å². The zero-order valence-corrected chi connectivity index (χ0v) is 18.0. The summed E-state index contributed by atoms with van der Waals surface area (Å²) in [6, 6.07) is 5.81. The van der Waals surface area contributed by atoms with Gasteiger partial charge < -0.3 is 19.3 Å². The Morgan fingerprint density at radius 2 is 2.23 bits per heavy atom. The summed E-state index contributed by atoms with van der Waals surface area (Å²) in [5.74, 6) is -0.605. The second kappa shape index (κ2) is 8.79. The van der Waals surface area contributed by atoms with Crippen LogP contribution < -0.4 is 4.90 Å². The number of carboxylic acid groups (broad SMARTS) is 1. The van der Waals surface area contributed by atoms with E-state index in [4.69, 9.17) is 38.0 Å². The second-order valence-corrected chi connectivity index (χ2v) is 8.28. The molecule has 7 nitrogen and oxygen atoms in total. The molecule has 0 radical (unpaired) electrons. The lowest BCUT2D eigenvalue weighted by Crippen LogP contribution is -2.34. The summed E-state index contributed by atoms with van der Waals surface area (Å²) in [5, 5.41) is 10.8. The van der Waals surface area contributed by atoms with E-state index in [1.165, 1.54) is 0 Å². The van der Waals surface area contributed by atoms with Crippen LogP contribution in [0.3, 0.4) is 0 Å². The van der Waals surface area contributed by atoms with Gasteiger partial charge in [-0.3, -0.25) is 4.79 Å². The Balaban J connectivity index is 1.68. The predicted molar refractivity (Wildman–Crippen MR) is 117 cm³/mol. The molecule has 4 rings (SSSR count). The summed E-state index contributed by atoms with van der Waals surface area (Å²) in [4.78, 5) is 22.2. The number of halogens is 2. The third-order valence-electron chi connectivity index (χ3n) is 5.39. The van der Waals surface area contributed by atoms with Crippen LogP contribution in [0.15, 0.2) is 36.9 Å². The van der Waals surface area contributed by atoms with Crippen LogP contribution in [0.5, 0.6) is 0 Å². The maximum atomic E-state index is 11.0. The van der Waals surface area contributed by atoms with Gasteiger partial charge in [0.25, 0.3) is 0 Å². The summed E-state index contributed by atoms with van der Waals surface area (Å²) in [5.41, 5.74) is 1.55. The highest BCUT2D eigenvalue weighted by Gasteiger charge is 2.27. The highest BCUT2D eigenvalue weighted by Crippen LogP contribution is 2.36. The molecular formula is C21H22Cl2N4O3. The van der Waals surface area contributed by atoms with Gasteiger partial charge in [-0.2, -0.15) is 0 Å². The molecule has 30 heavy (non-hydrogen) atoms. The summed E-state index contributed by atoms with van der Waals surface area (Å²) in [6.45, 7) is 3.11. The van der Waals surface area contributed by atoms with E-state index in [-0.39, 0.29) is 12.6 Å². The lowest BCUT2D eigenvalue weighted by molar-refractivity contribution is -0.143. The number of hydrogen-bond acceptors (Lipinski definition) is 5. The normalized spacial score (nSPS) is 17.6. The first kappa shape index (κ1) is 20.9. The molecule has 0 amide bonds. The summed E-state index contributed by atoms with van der Waals surface area (Å²) < 4.78 is 7.64. The van der Waals surface area contributed by atoms with Crippen molar-refractivity contribution in [2.24, 2.45) is 5.92 Å². The number of rotatable bonds is 7. The van der Waals surface area contributed by atoms with Crippen LogP contribution in [-0.2, 0) is 9.53 Å². The van der Waals surface area contributed by atoms with Gasteiger partial charge in [-0.15, -0.1) is 0 Å². The molecule has 1 unspecified atom stereocenters. The number of anilines is 1. The fourth-order valence-electron chi connectivity index (χ4n) is 3.73. The van der Waals surface area contributed by atoms with Crippen molar-refractivity contribution in [1.82, 2.24) is 14.5 Å². The number of aromatic nitrogens is 3. The molecule has 0 bridgehead atoms. The molecule has 9 heteroatoms. The Morgan fingerprint density at radius 3 is 2.97 bits per heavy atom. The topological polar surface area (TPSA) is 80.5 Å². The molecule has 1 N–H and O–H groups in total. The number of aliphatic carboxylic acids is 1. The first-order chi connectivity index (χ1) is 14.5. The third-order valence-corrected chi connectivity index (χ3v) is 6.19. The summed E-state index contributed by atoms with van der Waals surface area (Å²) >= 11 is 12.8. The van der Waals surface area contributed by atoms with Crippen molar-refractivity contribution in [3.05, 3.63) is 47.0 Å². The average Bonchev–Trinajstić information content (AvgIpc) is 3.42. The zero-order chi connectivity index (χ0) is 21.3. The first-order valence-electron chi connectivity index (χ1n) is 9.80. The highest BCUT2D eigenvalue weighted by molar-refractivity contribution is 6.45. The number of fused-ring (bicyclic) bond motifs is 1. The van der Waals surface area contributed by atoms with Gasteiger partial charge in [0, 0.05) is 30.4 Å². The molecule has 0 spiro atoms. The minimum Gasteiger partial charge on any atom is -0.481 e. The van der Waals surface area contributed by atoms with Gasteiger partial charge in [-0.05, 0) is 31.9 Å². The fraction of sp³-hybridized carbons (Fsp3) is 0.381. The van der Waals surface area contributed by atoms with E-state index in [0.29, 0.717) is 22.2 Å². The van der Waals surface area contributed by atoms with E-state index in [0.717, 1.165) is 36.3 Å². The minimum absolute atomic E-state index is 0.115. The number of benzene rings is 1. The number of pyridine rings is 1. The Kier molecular flexibility index (Phi) is 6.13. The number of imidazole rings is 1. The molecule has 3 heterocycles. The molecule has 0 aliphatic carbocycles. The second-order valence-electron chi connectivity index (χ2n) is 7.49. The number of ether oxygens (including phenoxy) is 1. The standard InChI is InChI=1S/C21H22Cl2N4O3/c1-13(21(28)29)10-30-11-14-3-2-7-27(14)18-9-17(26-8-6-24-12-26)15-4-5-16(22)19(23)20(15)25-18/h4-6,8-9,12-14H,2-3,7,10-11H2,1H3,(H,28,29)/t13?,14-/m0/s1. The quantitative estimate of drug-likeness (QED) is 0.575. The lowest BCUT2D eigenvalue weighted by atomic mass is 10.1. The van der Waals surface area contributed by atoms with Crippen molar-refractivity contribution in [2.75, 3.05) is 24.7 Å². The zero-order valence-electron chi connectivity index (χ0n) is 16.5. The maximum Gasteiger partial charge on any atom is 0.308 e. The minimum atomic E-state index is -0.856. The predicted octanol–water partition coefficient (Wildman–Crippen LogP) is 4.43. The van der Waals surface area contributed by atoms with E-state index in [1.807, 2.05) is 22.9 Å². The third kappa shape index (κ3) is 4.10. The van der Waals surface area contributed by atoms with Crippen molar-refractivity contribution in [3.63, 3.8) is 0 Å². The summed E-state index contributed by atoms with van der Waals surface area (Å²) in [7, 11) is 0. The lowest BCUT2D eigenvalue weighted by Gasteiger charge is -2.27. The van der Waals surface area contributed by atoms with Gasteiger partial charge in [-0.25, -0.2) is 9.97 Å². The van der Waals surface area contributed by atoms with Gasteiger partial charge in [0.05, 0.1) is 52.8 Å². The fourth-order valence-corrected chi connectivity index (χ4v) is 4.09. The van der Waals surface area contributed by atoms with E-state index in [2.05, 4.69) is 9.88 Å².